The minimum absolute atomic E-state index is 1.62. The largest absolute Gasteiger partial charge is 0.307 e. The Labute approximate surface area is 59.0 Å². The predicted octanol–water partition coefficient (Wildman–Crippen LogP) is 2.64. The highest BCUT2D eigenvalue weighted by atomic mass is 79.9. The first-order valence-corrected chi connectivity index (χ1v) is 2.71. The Morgan fingerprint density at radius 3 is 1.50 bits per heavy atom. The van der Waals surface area contributed by atoms with Gasteiger partial charge in [0.05, 0.1) is 0 Å². The fourth-order valence-corrected chi connectivity index (χ4v) is 0. The topological polar surface area (TPSA) is 9.23 Å². The van der Waals surface area contributed by atoms with E-state index in [2.05, 4.69) is 20.1 Å². The normalized spacial score (nSPS) is 12.0. The van der Waals surface area contributed by atoms with Crippen LogP contribution in [0.4, 0.5) is 0 Å². The molecular formula is CBrCl3O. The summed E-state index contributed by atoms with van der Waals surface area (Å²) >= 11 is 17.4. The highest BCUT2D eigenvalue weighted by Crippen LogP contribution is 2.29. The van der Waals surface area contributed by atoms with E-state index in [-0.39, 0.29) is 0 Å². The average Bonchev–Trinajstić information content (AvgIpc) is 1.35. The van der Waals surface area contributed by atoms with Crippen molar-refractivity contribution in [2.45, 2.75) is 3.98 Å². The van der Waals surface area contributed by atoms with Crippen LogP contribution >= 0.6 is 51.1 Å². The molecule has 0 fully saturated rings. The first-order valence-electron chi connectivity index (χ1n) is 0.925. The van der Waals surface area contributed by atoms with Gasteiger partial charge in [-0.05, 0) is 0 Å². The first-order chi connectivity index (χ1) is 2.56. The summed E-state index contributed by atoms with van der Waals surface area (Å²) in [5, 5.41) is 0. The lowest BCUT2D eigenvalue weighted by molar-refractivity contribution is 0.405. The van der Waals surface area contributed by atoms with Crippen LogP contribution in [0.5, 0.6) is 0 Å². The molecular weight excluding hydrogens is 214 g/mol. The van der Waals surface area contributed by atoms with Crippen molar-refractivity contribution in [3.8, 4) is 0 Å². The number of rotatable bonds is 0. The zero-order valence-corrected chi connectivity index (χ0v) is 6.27. The molecule has 6 heavy (non-hydrogen) atoms. The third-order valence-electron chi connectivity index (χ3n) is 0.0875. The van der Waals surface area contributed by atoms with Gasteiger partial charge in [-0.25, -0.2) is 0 Å². The van der Waals surface area contributed by atoms with Gasteiger partial charge in [0.25, 0.3) is 0 Å². The zero-order valence-electron chi connectivity index (χ0n) is 2.42. The molecule has 5 heteroatoms. The van der Waals surface area contributed by atoms with Gasteiger partial charge < -0.3 is 0 Å². The molecule has 0 aromatic rings. The molecule has 0 saturated carbocycles. The van der Waals surface area contributed by atoms with Gasteiger partial charge in [0.1, 0.15) is 16.3 Å². The quantitative estimate of drug-likeness (QED) is 0.563. The van der Waals surface area contributed by atoms with Crippen molar-refractivity contribution in [1.82, 2.24) is 0 Å². The molecule has 0 rings (SSSR count). The second-order valence-corrected chi connectivity index (χ2v) is 3.02. The molecule has 0 saturated heterocycles. The molecule has 0 aromatic carbocycles. The summed E-state index contributed by atoms with van der Waals surface area (Å²) in [5.74, 6) is 0. The number of hydrogen-bond donors (Lipinski definition) is 0. The molecule has 0 aliphatic heterocycles. The molecule has 0 aliphatic rings. The lowest BCUT2D eigenvalue weighted by atomic mass is 11.7. The Hall–Kier alpha value is 1.31. The van der Waals surface area contributed by atoms with Crippen LogP contribution in [0.3, 0.4) is 0 Å². The number of alkyl halides is 3. The van der Waals surface area contributed by atoms with Gasteiger partial charge in [0.2, 0.25) is 0 Å². The Morgan fingerprint density at radius 1 is 1.33 bits per heavy atom. The van der Waals surface area contributed by atoms with E-state index in [1.807, 2.05) is 0 Å². The fourth-order valence-electron chi connectivity index (χ4n) is 0. The molecule has 0 unspecified atom stereocenters. The van der Waals surface area contributed by atoms with Gasteiger partial charge in [-0.1, -0.05) is 34.8 Å². The Morgan fingerprint density at radius 2 is 1.50 bits per heavy atom. The molecule has 38 valence electrons. The summed E-state index contributed by atoms with van der Waals surface area (Å²) in [6.07, 6.45) is 0. The molecule has 0 N–H and O–H groups in total. The lowest BCUT2D eigenvalue weighted by Gasteiger charge is -2.01. The Bertz CT molecular complexity index is 40.5. The van der Waals surface area contributed by atoms with Crippen LogP contribution < -0.4 is 0 Å². The van der Waals surface area contributed by atoms with Gasteiger partial charge in [-0.15, -0.1) is 0 Å². The van der Waals surface area contributed by atoms with Crippen molar-refractivity contribution in [1.29, 1.82) is 0 Å². The van der Waals surface area contributed by atoms with Crippen molar-refractivity contribution in [3.63, 3.8) is 0 Å². The minimum Gasteiger partial charge on any atom is -0.254 e. The monoisotopic (exact) mass is 212 g/mol. The van der Waals surface area contributed by atoms with E-state index in [1.165, 1.54) is 0 Å². The van der Waals surface area contributed by atoms with Crippen molar-refractivity contribution < 1.29 is 3.83 Å². The number of halogens is 4. The molecule has 0 amide bonds. The molecule has 0 heterocycles. The second-order valence-electron chi connectivity index (χ2n) is 0.523. The van der Waals surface area contributed by atoms with E-state index in [1.54, 1.807) is 0 Å². The Balaban J connectivity index is 3.17. The molecule has 0 spiro atoms. The predicted molar refractivity (Wildman–Crippen MR) is 30.3 cm³/mol. The molecule has 0 aromatic heterocycles. The lowest BCUT2D eigenvalue weighted by Crippen LogP contribution is -1.97. The van der Waals surface area contributed by atoms with Gasteiger partial charge in [0, 0.05) is 0 Å². The summed E-state index contributed by atoms with van der Waals surface area (Å²) in [5.41, 5.74) is 0. The SMILES string of the molecule is ClC(Cl)(Cl)OBr. The van der Waals surface area contributed by atoms with E-state index in [9.17, 15) is 0 Å². The van der Waals surface area contributed by atoms with Gasteiger partial charge in [0.15, 0.2) is 0 Å². The minimum atomic E-state index is -1.62. The van der Waals surface area contributed by atoms with Crippen LogP contribution in [-0.2, 0) is 3.83 Å². The van der Waals surface area contributed by atoms with Crippen molar-refractivity contribution >= 4 is 51.1 Å². The third-order valence-corrected chi connectivity index (χ3v) is 1.36. The van der Waals surface area contributed by atoms with Gasteiger partial charge in [-0.2, -0.15) is 0 Å². The molecule has 0 bridgehead atoms. The Kier molecular flexibility index (Phi) is 3.14. The summed E-state index contributed by atoms with van der Waals surface area (Å²) in [6.45, 7) is 0. The summed E-state index contributed by atoms with van der Waals surface area (Å²) in [7, 11) is 0. The highest BCUT2D eigenvalue weighted by Gasteiger charge is 2.17. The van der Waals surface area contributed by atoms with Crippen LogP contribution in [0.15, 0.2) is 0 Å². The van der Waals surface area contributed by atoms with Crippen LogP contribution in [-0.4, -0.2) is 3.98 Å². The van der Waals surface area contributed by atoms with E-state index in [0.29, 0.717) is 0 Å². The van der Waals surface area contributed by atoms with Crippen LogP contribution in [0.1, 0.15) is 0 Å². The molecule has 0 atom stereocenters. The van der Waals surface area contributed by atoms with E-state index < -0.39 is 3.98 Å². The molecule has 1 nitrogen and oxygen atoms in total. The molecule has 0 radical (unpaired) electrons. The summed E-state index contributed by atoms with van der Waals surface area (Å²) in [6, 6.07) is 0. The maximum atomic E-state index is 4.98. The fraction of sp³-hybridized carbons (Fsp3) is 1.00. The van der Waals surface area contributed by atoms with Gasteiger partial charge in [-0.3, -0.25) is 3.83 Å². The average molecular weight is 214 g/mol. The second kappa shape index (κ2) is 2.58. The van der Waals surface area contributed by atoms with Crippen LogP contribution in [0, 0.1) is 0 Å². The van der Waals surface area contributed by atoms with Crippen molar-refractivity contribution in [2.24, 2.45) is 0 Å². The van der Waals surface area contributed by atoms with Crippen molar-refractivity contribution in [3.05, 3.63) is 0 Å². The maximum Gasteiger partial charge on any atom is 0.307 e. The van der Waals surface area contributed by atoms with Crippen molar-refractivity contribution in [2.75, 3.05) is 0 Å². The third kappa shape index (κ3) is 5.31. The van der Waals surface area contributed by atoms with E-state index in [4.69, 9.17) is 34.8 Å². The maximum absolute atomic E-state index is 4.98. The standard InChI is InChI=1S/CBrCl3O/c2-6-1(3,4)5. The molecule has 0 aliphatic carbocycles. The summed E-state index contributed by atoms with van der Waals surface area (Å²) < 4.78 is 2.42. The van der Waals surface area contributed by atoms with Crippen LogP contribution in [0.25, 0.3) is 0 Å². The zero-order chi connectivity index (χ0) is 5.21. The first kappa shape index (κ1) is 7.31. The summed E-state index contributed by atoms with van der Waals surface area (Å²) in [4.78, 5) is 0. The highest BCUT2D eigenvalue weighted by molar-refractivity contribution is 9.06. The van der Waals surface area contributed by atoms with Crippen LogP contribution in [0.2, 0.25) is 0 Å². The number of hydrogen-bond acceptors (Lipinski definition) is 1. The van der Waals surface area contributed by atoms with E-state index >= 15 is 0 Å². The van der Waals surface area contributed by atoms with Gasteiger partial charge >= 0.3 is 3.98 Å². The van der Waals surface area contributed by atoms with E-state index in [0.717, 1.165) is 0 Å². The smallest absolute Gasteiger partial charge is 0.254 e.